The largest absolute Gasteiger partial charge is 0.398 e. The molecule has 6 nitrogen and oxygen atoms in total. The Bertz CT molecular complexity index is 816. The lowest BCUT2D eigenvalue weighted by Gasteiger charge is -2.35. The highest BCUT2D eigenvalue weighted by Gasteiger charge is 2.23. The van der Waals surface area contributed by atoms with Gasteiger partial charge >= 0.3 is 0 Å². The van der Waals surface area contributed by atoms with Crippen LogP contribution in [0, 0.1) is 0 Å². The molecule has 3 rings (SSSR count). The average molecular weight is 388 g/mol. The Morgan fingerprint density at radius 3 is 2.41 bits per heavy atom. The summed E-state index contributed by atoms with van der Waals surface area (Å²) in [6, 6.07) is 11.6. The van der Waals surface area contributed by atoms with Crippen molar-refractivity contribution in [2.45, 2.75) is 32.2 Å². The van der Waals surface area contributed by atoms with Gasteiger partial charge in [0.05, 0.1) is 5.69 Å². The summed E-state index contributed by atoms with van der Waals surface area (Å²) < 4.78 is 0. The summed E-state index contributed by atoms with van der Waals surface area (Å²) in [4.78, 5) is 13.7. The number of hydrazine groups is 1. The van der Waals surface area contributed by atoms with E-state index in [1.165, 1.54) is 12.5 Å². The fraction of sp³-hybridized carbons (Fsp3) is 0.350. The number of hydrogen-bond acceptors (Lipinski definition) is 5. The van der Waals surface area contributed by atoms with Crippen molar-refractivity contribution in [2.75, 3.05) is 28.7 Å². The second kappa shape index (κ2) is 8.17. The topological polar surface area (TPSA) is 102 Å². The maximum atomic E-state index is 11.4. The molecule has 1 amide bonds. The molecule has 1 aliphatic rings. The number of halogens is 1. The van der Waals surface area contributed by atoms with Gasteiger partial charge in [-0.25, -0.2) is 10.9 Å². The Kier molecular flexibility index (Phi) is 5.89. The van der Waals surface area contributed by atoms with Crippen molar-refractivity contribution in [3.8, 4) is 0 Å². The van der Waals surface area contributed by atoms with Crippen LogP contribution in [0.25, 0.3) is 0 Å². The first-order valence-corrected chi connectivity index (χ1v) is 9.46. The zero-order chi connectivity index (χ0) is 19.6. The van der Waals surface area contributed by atoms with E-state index in [1.807, 2.05) is 18.2 Å². The van der Waals surface area contributed by atoms with E-state index in [1.54, 1.807) is 6.07 Å². The van der Waals surface area contributed by atoms with E-state index < -0.39 is 0 Å². The van der Waals surface area contributed by atoms with Gasteiger partial charge in [-0.3, -0.25) is 4.79 Å². The molecule has 27 heavy (non-hydrogen) atoms. The second-order valence-corrected chi connectivity index (χ2v) is 7.38. The fourth-order valence-corrected chi connectivity index (χ4v) is 3.91. The molecule has 6 N–H and O–H groups in total. The standard InChI is InChI=1S/C20H26ClN5O/c1-13(27)26(24)17-4-2-14(3-5-17)15-6-8-25(9-7-15)20-11-16(21)10-19(23)18(20)12-22/h2-5,10-11,15H,6-9,12,22-24H2,1H3. The van der Waals surface area contributed by atoms with Crippen molar-refractivity contribution in [1.82, 2.24) is 0 Å². The van der Waals surface area contributed by atoms with Gasteiger partial charge in [0.1, 0.15) is 0 Å². The molecule has 0 aliphatic carbocycles. The smallest absolute Gasteiger partial charge is 0.238 e. The lowest BCUT2D eigenvalue weighted by atomic mass is 9.89. The zero-order valence-corrected chi connectivity index (χ0v) is 16.2. The Balaban J connectivity index is 1.70. The Morgan fingerprint density at radius 1 is 1.22 bits per heavy atom. The normalized spacial score (nSPS) is 15.0. The molecule has 1 aliphatic heterocycles. The highest BCUT2D eigenvalue weighted by atomic mass is 35.5. The van der Waals surface area contributed by atoms with Crippen LogP contribution in [0.5, 0.6) is 0 Å². The SMILES string of the molecule is CC(=O)N(N)c1ccc(C2CCN(c3cc(Cl)cc(N)c3CN)CC2)cc1. The summed E-state index contributed by atoms with van der Waals surface area (Å²) >= 11 is 6.20. The number of piperidine rings is 1. The molecule has 1 heterocycles. The number of anilines is 3. The van der Waals surface area contributed by atoms with Gasteiger partial charge < -0.3 is 16.4 Å². The minimum absolute atomic E-state index is 0.187. The number of rotatable bonds is 4. The third-order valence-electron chi connectivity index (χ3n) is 5.25. The second-order valence-electron chi connectivity index (χ2n) is 6.94. The van der Waals surface area contributed by atoms with Crippen molar-refractivity contribution < 1.29 is 4.79 Å². The molecule has 0 aromatic heterocycles. The molecular formula is C20H26ClN5O. The molecule has 1 saturated heterocycles. The lowest BCUT2D eigenvalue weighted by molar-refractivity contribution is -0.116. The van der Waals surface area contributed by atoms with Crippen LogP contribution in [0.1, 0.15) is 36.8 Å². The van der Waals surface area contributed by atoms with Crippen LogP contribution >= 0.6 is 11.6 Å². The highest BCUT2D eigenvalue weighted by molar-refractivity contribution is 6.31. The summed E-state index contributed by atoms with van der Waals surface area (Å²) in [6.45, 7) is 3.67. The Labute approximate surface area is 164 Å². The van der Waals surface area contributed by atoms with E-state index in [0.29, 0.717) is 28.9 Å². The summed E-state index contributed by atoms with van der Waals surface area (Å²) in [5, 5.41) is 1.79. The number of hydrogen-bond donors (Lipinski definition) is 3. The van der Waals surface area contributed by atoms with E-state index in [4.69, 9.17) is 28.9 Å². The first kappa shape index (κ1) is 19.5. The van der Waals surface area contributed by atoms with Crippen LogP contribution in [0.2, 0.25) is 5.02 Å². The van der Waals surface area contributed by atoms with Gasteiger partial charge in [-0.15, -0.1) is 0 Å². The number of nitrogen functional groups attached to an aromatic ring is 1. The van der Waals surface area contributed by atoms with Crippen LogP contribution in [0.4, 0.5) is 17.1 Å². The molecular weight excluding hydrogens is 362 g/mol. The summed E-state index contributed by atoms with van der Waals surface area (Å²) in [7, 11) is 0. The van der Waals surface area contributed by atoms with Crippen molar-refractivity contribution >= 4 is 34.6 Å². The zero-order valence-electron chi connectivity index (χ0n) is 15.5. The minimum atomic E-state index is -0.187. The first-order valence-electron chi connectivity index (χ1n) is 9.09. The van der Waals surface area contributed by atoms with Crippen molar-refractivity contribution in [3.63, 3.8) is 0 Å². The summed E-state index contributed by atoms with van der Waals surface area (Å²) in [5.41, 5.74) is 16.6. The lowest BCUT2D eigenvalue weighted by Crippen LogP contribution is -2.35. The van der Waals surface area contributed by atoms with Gasteiger partial charge in [-0.1, -0.05) is 23.7 Å². The summed E-state index contributed by atoms with van der Waals surface area (Å²) in [6.07, 6.45) is 2.05. The maximum Gasteiger partial charge on any atom is 0.238 e. The van der Waals surface area contributed by atoms with Crippen molar-refractivity contribution in [3.05, 3.63) is 52.5 Å². The van der Waals surface area contributed by atoms with Crippen LogP contribution in [-0.4, -0.2) is 19.0 Å². The molecule has 1 fully saturated rings. The quantitative estimate of drug-likeness (QED) is 0.324. The van der Waals surface area contributed by atoms with E-state index in [2.05, 4.69) is 17.0 Å². The number of carbonyl (C=O) groups excluding carboxylic acids is 1. The minimum Gasteiger partial charge on any atom is -0.398 e. The third kappa shape index (κ3) is 4.18. The van der Waals surface area contributed by atoms with E-state index in [0.717, 1.165) is 42.2 Å². The van der Waals surface area contributed by atoms with Crippen LogP contribution in [-0.2, 0) is 11.3 Å². The number of nitrogens with zero attached hydrogens (tertiary/aromatic N) is 2. The average Bonchev–Trinajstić information content (AvgIpc) is 2.67. The molecule has 0 spiro atoms. The molecule has 0 bridgehead atoms. The predicted octanol–water partition coefficient (Wildman–Crippen LogP) is 2.99. The van der Waals surface area contributed by atoms with Gasteiger partial charge in [0.2, 0.25) is 5.91 Å². The van der Waals surface area contributed by atoms with Crippen LogP contribution < -0.4 is 27.2 Å². The Hall–Kier alpha value is -2.28. The van der Waals surface area contributed by atoms with E-state index in [-0.39, 0.29) is 5.91 Å². The third-order valence-corrected chi connectivity index (χ3v) is 5.47. The molecule has 2 aromatic rings. The van der Waals surface area contributed by atoms with Crippen molar-refractivity contribution in [1.29, 1.82) is 0 Å². The fourth-order valence-electron chi connectivity index (χ4n) is 3.69. The van der Waals surface area contributed by atoms with Gasteiger partial charge in [0.15, 0.2) is 0 Å². The number of carbonyl (C=O) groups is 1. The molecule has 0 atom stereocenters. The molecule has 0 saturated carbocycles. The highest BCUT2D eigenvalue weighted by Crippen LogP contribution is 2.35. The van der Waals surface area contributed by atoms with Gasteiger partial charge in [0, 0.05) is 48.5 Å². The molecule has 144 valence electrons. The van der Waals surface area contributed by atoms with Crippen molar-refractivity contribution in [2.24, 2.45) is 11.6 Å². The summed E-state index contributed by atoms with van der Waals surface area (Å²) in [5.74, 6) is 6.03. The van der Waals surface area contributed by atoms with Crippen LogP contribution in [0.3, 0.4) is 0 Å². The van der Waals surface area contributed by atoms with E-state index >= 15 is 0 Å². The van der Waals surface area contributed by atoms with E-state index in [9.17, 15) is 4.79 Å². The Morgan fingerprint density at radius 2 is 1.85 bits per heavy atom. The molecule has 7 heteroatoms. The predicted molar refractivity (Wildman–Crippen MR) is 112 cm³/mol. The molecule has 0 radical (unpaired) electrons. The maximum absolute atomic E-state index is 11.4. The molecule has 2 aromatic carbocycles. The monoisotopic (exact) mass is 387 g/mol. The van der Waals surface area contributed by atoms with Gasteiger partial charge in [0.25, 0.3) is 0 Å². The number of nitrogens with two attached hydrogens (primary N) is 3. The first-order chi connectivity index (χ1) is 12.9. The number of benzene rings is 2. The molecule has 0 unspecified atom stereocenters. The van der Waals surface area contributed by atoms with Gasteiger partial charge in [-0.2, -0.15) is 0 Å². The van der Waals surface area contributed by atoms with Gasteiger partial charge in [-0.05, 0) is 48.6 Å². The number of amides is 1. The van der Waals surface area contributed by atoms with Crippen LogP contribution in [0.15, 0.2) is 36.4 Å².